The van der Waals surface area contributed by atoms with Crippen LogP contribution in [0.1, 0.15) is 27.1 Å². The molecule has 6 heteroatoms. The molecule has 0 saturated carbocycles. The van der Waals surface area contributed by atoms with Crippen molar-refractivity contribution >= 4 is 11.8 Å². The van der Waals surface area contributed by atoms with E-state index < -0.39 is 0 Å². The predicted octanol–water partition coefficient (Wildman–Crippen LogP) is 2.08. The minimum Gasteiger partial charge on any atom is -0.497 e. The van der Waals surface area contributed by atoms with Crippen LogP contribution in [0.15, 0.2) is 48.8 Å². The SMILES string of the molecule is COc1ccc(C(=O)N2CCCN(C(=O)c3ccncc3)CC2)cc1. The molecule has 3 rings (SSSR count). The van der Waals surface area contributed by atoms with Gasteiger partial charge in [0.25, 0.3) is 11.8 Å². The number of amides is 2. The van der Waals surface area contributed by atoms with E-state index >= 15 is 0 Å². The van der Waals surface area contributed by atoms with Crippen LogP contribution in [0.3, 0.4) is 0 Å². The number of aromatic nitrogens is 1. The maximum Gasteiger partial charge on any atom is 0.254 e. The van der Waals surface area contributed by atoms with Crippen LogP contribution in [-0.2, 0) is 0 Å². The summed E-state index contributed by atoms with van der Waals surface area (Å²) in [5.74, 6) is 0.698. The number of methoxy groups -OCH3 is 1. The molecule has 0 radical (unpaired) electrons. The fourth-order valence-corrected chi connectivity index (χ4v) is 2.92. The standard InChI is InChI=1S/C19H21N3O3/c1-25-17-5-3-15(4-6-17)18(23)21-11-2-12-22(14-13-21)19(24)16-7-9-20-10-8-16/h3-10H,2,11-14H2,1H3. The largest absolute Gasteiger partial charge is 0.497 e. The van der Waals surface area contributed by atoms with Gasteiger partial charge in [-0.2, -0.15) is 0 Å². The lowest BCUT2D eigenvalue weighted by molar-refractivity contribution is 0.0718. The highest BCUT2D eigenvalue weighted by molar-refractivity contribution is 5.95. The first kappa shape index (κ1) is 17.0. The number of hydrogen-bond acceptors (Lipinski definition) is 4. The Morgan fingerprint density at radius 2 is 1.36 bits per heavy atom. The third kappa shape index (κ3) is 3.96. The monoisotopic (exact) mass is 339 g/mol. The number of ether oxygens (including phenoxy) is 1. The average Bonchev–Trinajstić information content (AvgIpc) is 2.94. The van der Waals surface area contributed by atoms with Crippen molar-refractivity contribution < 1.29 is 14.3 Å². The maximum absolute atomic E-state index is 12.7. The second-order valence-corrected chi connectivity index (χ2v) is 5.90. The van der Waals surface area contributed by atoms with Gasteiger partial charge in [-0.25, -0.2) is 0 Å². The van der Waals surface area contributed by atoms with Gasteiger partial charge >= 0.3 is 0 Å². The van der Waals surface area contributed by atoms with Crippen molar-refractivity contribution in [3.63, 3.8) is 0 Å². The van der Waals surface area contributed by atoms with E-state index in [0.717, 1.165) is 12.2 Å². The van der Waals surface area contributed by atoms with E-state index in [1.807, 2.05) is 4.90 Å². The molecule has 0 N–H and O–H groups in total. The van der Waals surface area contributed by atoms with Crippen LogP contribution in [0.2, 0.25) is 0 Å². The van der Waals surface area contributed by atoms with Crippen molar-refractivity contribution in [1.29, 1.82) is 0 Å². The Morgan fingerprint density at radius 3 is 1.88 bits per heavy atom. The molecule has 0 aliphatic carbocycles. The molecular formula is C19H21N3O3. The highest BCUT2D eigenvalue weighted by Gasteiger charge is 2.23. The summed E-state index contributed by atoms with van der Waals surface area (Å²) in [5, 5.41) is 0. The molecule has 0 bridgehead atoms. The molecular weight excluding hydrogens is 318 g/mol. The molecule has 2 amide bonds. The van der Waals surface area contributed by atoms with Crippen molar-refractivity contribution in [2.45, 2.75) is 6.42 Å². The summed E-state index contributed by atoms with van der Waals surface area (Å²) in [7, 11) is 1.60. The molecule has 25 heavy (non-hydrogen) atoms. The van der Waals surface area contributed by atoms with E-state index in [4.69, 9.17) is 4.74 Å². The normalized spacial score (nSPS) is 14.8. The Labute approximate surface area is 147 Å². The topological polar surface area (TPSA) is 62.7 Å². The lowest BCUT2D eigenvalue weighted by Crippen LogP contribution is -2.37. The van der Waals surface area contributed by atoms with Crippen LogP contribution in [-0.4, -0.2) is 59.9 Å². The highest BCUT2D eigenvalue weighted by Crippen LogP contribution is 2.15. The molecule has 1 aliphatic rings. The summed E-state index contributed by atoms with van der Waals surface area (Å²) in [6.07, 6.45) is 3.99. The van der Waals surface area contributed by atoms with Crippen LogP contribution in [0.25, 0.3) is 0 Å². The molecule has 0 unspecified atom stereocenters. The van der Waals surface area contributed by atoms with E-state index in [1.165, 1.54) is 0 Å². The van der Waals surface area contributed by atoms with E-state index in [9.17, 15) is 9.59 Å². The van der Waals surface area contributed by atoms with Gasteiger partial charge in [-0.05, 0) is 42.8 Å². The number of hydrogen-bond donors (Lipinski definition) is 0. The lowest BCUT2D eigenvalue weighted by Gasteiger charge is -2.22. The highest BCUT2D eigenvalue weighted by atomic mass is 16.5. The fourth-order valence-electron chi connectivity index (χ4n) is 2.92. The third-order valence-corrected chi connectivity index (χ3v) is 4.33. The summed E-state index contributed by atoms with van der Waals surface area (Å²) in [6, 6.07) is 10.5. The smallest absolute Gasteiger partial charge is 0.254 e. The van der Waals surface area contributed by atoms with Crippen LogP contribution < -0.4 is 4.74 Å². The molecule has 0 atom stereocenters. The van der Waals surface area contributed by atoms with Gasteiger partial charge in [0, 0.05) is 49.7 Å². The molecule has 1 aliphatic heterocycles. The summed E-state index contributed by atoms with van der Waals surface area (Å²) in [4.78, 5) is 32.8. The van der Waals surface area contributed by atoms with Gasteiger partial charge in [0.05, 0.1) is 7.11 Å². The zero-order valence-corrected chi connectivity index (χ0v) is 14.2. The summed E-state index contributed by atoms with van der Waals surface area (Å²) in [6.45, 7) is 2.35. The number of carbonyl (C=O) groups excluding carboxylic acids is 2. The van der Waals surface area contributed by atoms with Crippen molar-refractivity contribution in [3.8, 4) is 5.75 Å². The number of carbonyl (C=O) groups is 2. The first-order chi connectivity index (χ1) is 12.2. The van der Waals surface area contributed by atoms with Crippen molar-refractivity contribution in [1.82, 2.24) is 14.8 Å². The summed E-state index contributed by atoms with van der Waals surface area (Å²) >= 11 is 0. The molecule has 0 spiro atoms. The summed E-state index contributed by atoms with van der Waals surface area (Å²) in [5.41, 5.74) is 1.26. The minimum atomic E-state index is -0.0131. The molecule has 1 saturated heterocycles. The van der Waals surface area contributed by atoms with Crippen LogP contribution >= 0.6 is 0 Å². The van der Waals surface area contributed by atoms with Crippen molar-refractivity contribution in [3.05, 3.63) is 59.9 Å². The lowest BCUT2D eigenvalue weighted by atomic mass is 10.2. The average molecular weight is 339 g/mol. The molecule has 130 valence electrons. The van der Waals surface area contributed by atoms with Gasteiger partial charge in [0.2, 0.25) is 0 Å². The van der Waals surface area contributed by atoms with Gasteiger partial charge in [-0.3, -0.25) is 14.6 Å². The van der Waals surface area contributed by atoms with E-state index in [0.29, 0.717) is 37.3 Å². The van der Waals surface area contributed by atoms with Gasteiger partial charge in [-0.1, -0.05) is 0 Å². The van der Waals surface area contributed by atoms with Crippen LogP contribution in [0.5, 0.6) is 5.75 Å². The molecule has 2 aromatic rings. The molecule has 6 nitrogen and oxygen atoms in total. The predicted molar refractivity (Wildman–Crippen MR) is 93.7 cm³/mol. The Bertz CT molecular complexity index is 731. The first-order valence-corrected chi connectivity index (χ1v) is 8.31. The molecule has 1 aromatic heterocycles. The second kappa shape index (κ2) is 7.79. The third-order valence-electron chi connectivity index (χ3n) is 4.33. The van der Waals surface area contributed by atoms with Crippen LogP contribution in [0.4, 0.5) is 0 Å². The Morgan fingerprint density at radius 1 is 0.840 bits per heavy atom. The van der Waals surface area contributed by atoms with Gasteiger partial charge in [0.1, 0.15) is 5.75 Å². The number of benzene rings is 1. The zero-order chi connectivity index (χ0) is 17.6. The molecule has 2 heterocycles. The van der Waals surface area contributed by atoms with Crippen LogP contribution in [0, 0.1) is 0 Å². The van der Waals surface area contributed by atoms with Crippen molar-refractivity contribution in [2.24, 2.45) is 0 Å². The van der Waals surface area contributed by atoms with E-state index in [1.54, 1.807) is 60.8 Å². The first-order valence-electron chi connectivity index (χ1n) is 8.31. The van der Waals surface area contributed by atoms with Crippen molar-refractivity contribution in [2.75, 3.05) is 33.3 Å². The van der Waals surface area contributed by atoms with E-state index in [2.05, 4.69) is 4.98 Å². The minimum absolute atomic E-state index is 0.0128. The van der Waals surface area contributed by atoms with E-state index in [-0.39, 0.29) is 11.8 Å². The Hall–Kier alpha value is -2.89. The second-order valence-electron chi connectivity index (χ2n) is 5.90. The Kier molecular flexibility index (Phi) is 5.28. The van der Waals surface area contributed by atoms with Gasteiger partial charge in [-0.15, -0.1) is 0 Å². The number of pyridine rings is 1. The summed E-state index contributed by atoms with van der Waals surface area (Å²) < 4.78 is 5.12. The molecule has 1 aromatic carbocycles. The van der Waals surface area contributed by atoms with Gasteiger partial charge in [0.15, 0.2) is 0 Å². The van der Waals surface area contributed by atoms with Gasteiger partial charge < -0.3 is 14.5 Å². The quantitative estimate of drug-likeness (QED) is 0.859. The Balaban J connectivity index is 1.64. The number of rotatable bonds is 3. The number of nitrogens with zero attached hydrogens (tertiary/aromatic N) is 3. The maximum atomic E-state index is 12.7. The zero-order valence-electron chi connectivity index (χ0n) is 14.2. The molecule has 1 fully saturated rings. The fraction of sp³-hybridized carbons (Fsp3) is 0.316.